The van der Waals surface area contributed by atoms with Crippen LogP contribution in [-0.4, -0.2) is 41.4 Å². The Bertz CT molecular complexity index is 1100. The van der Waals surface area contributed by atoms with Gasteiger partial charge in [-0.3, -0.25) is 0 Å². The van der Waals surface area contributed by atoms with Crippen molar-refractivity contribution >= 4 is 32.8 Å². The summed E-state index contributed by atoms with van der Waals surface area (Å²) in [5.74, 6) is 1.59. The molecule has 26 heavy (non-hydrogen) atoms. The van der Waals surface area contributed by atoms with Crippen molar-refractivity contribution in [3.8, 4) is 11.5 Å². The molecule has 0 amide bonds. The highest BCUT2D eigenvalue weighted by Crippen LogP contribution is 2.38. The summed E-state index contributed by atoms with van der Waals surface area (Å²) in [5.41, 5.74) is 2.13. The molecule has 0 radical (unpaired) electrons. The molecule has 3 aromatic rings. The lowest BCUT2D eigenvalue weighted by atomic mass is 9.98. The van der Waals surface area contributed by atoms with E-state index in [1.54, 1.807) is 18.2 Å². The van der Waals surface area contributed by atoms with E-state index in [-0.39, 0.29) is 17.6 Å². The molecule has 2 aliphatic rings. The van der Waals surface area contributed by atoms with Gasteiger partial charge in [-0.2, -0.15) is 13.1 Å². The number of rotatable bonds is 3. The highest BCUT2D eigenvalue weighted by atomic mass is 32.2. The van der Waals surface area contributed by atoms with Crippen molar-refractivity contribution in [1.82, 2.24) is 13.1 Å². The van der Waals surface area contributed by atoms with Crippen LogP contribution in [0, 0.1) is 0 Å². The lowest BCUT2D eigenvalue weighted by molar-refractivity contribution is 0.174. The van der Waals surface area contributed by atoms with Gasteiger partial charge in [0.05, 0.1) is 11.7 Å². The predicted molar refractivity (Wildman–Crippen MR) is 96.1 cm³/mol. The summed E-state index contributed by atoms with van der Waals surface area (Å²) in [6, 6.07) is 10.9. The third kappa shape index (κ3) is 2.46. The van der Waals surface area contributed by atoms with Crippen molar-refractivity contribution in [2.24, 2.45) is 0 Å². The Balaban J connectivity index is 1.44. The Hall–Kier alpha value is -2.23. The third-order valence-corrected chi connectivity index (χ3v) is 7.33. The first-order valence-corrected chi connectivity index (χ1v) is 10.4. The zero-order valence-electron chi connectivity index (χ0n) is 13.7. The highest BCUT2D eigenvalue weighted by Gasteiger charge is 2.35. The van der Waals surface area contributed by atoms with Gasteiger partial charge in [0.1, 0.15) is 15.9 Å². The van der Waals surface area contributed by atoms with E-state index in [1.807, 2.05) is 18.2 Å². The monoisotopic (exact) mass is 389 g/mol. The molecule has 1 atom stereocenters. The molecule has 0 spiro atoms. The molecule has 1 fully saturated rings. The zero-order valence-corrected chi connectivity index (χ0v) is 15.3. The molecule has 0 N–H and O–H groups in total. The number of aromatic nitrogens is 2. The van der Waals surface area contributed by atoms with Crippen LogP contribution in [0.3, 0.4) is 0 Å². The van der Waals surface area contributed by atoms with Crippen molar-refractivity contribution in [2.45, 2.75) is 17.2 Å². The van der Waals surface area contributed by atoms with Crippen LogP contribution in [0.2, 0.25) is 0 Å². The van der Waals surface area contributed by atoms with E-state index >= 15 is 0 Å². The number of hydrogen-bond acceptors (Lipinski definition) is 7. The first-order valence-electron chi connectivity index (χ1n) is 8.24. The summed E-state index contributed by atoms with van der Waals surface area (Å²) >= 11 is 1.03. The lowest BCUT2D eigenvalue weighted by Crippen LogP contribution is -2.28. The Labute approximate surface area is 154 Å². The molecule has 0 saturated carbocycles. The molecule has 3 heterocycles. The van der Waals surface area contributed by atoms with Gasteiger partial charge in [-0.25, -0.2) is 8.42 Å². The molecule has 2 aliphatic heterocycles. The van der Waals surface area contributed by atoms with E-state index in [2.05, 4.69) is 8.75 Å². The van der Waals surface area contributed by atoms with Crippen LogP contribution in [0.5, 0.6) is 11.5 Å². The van der Waals surface area contributed by atoms with Gasteiger partial charge in [0.2, 0.25) is 16.8 Å². The van der Waals surface area contributed by atoms with Gasteiger partial charge in [-0.05, 0) is 42.2 Å². The summed E-state index contributed by atoms with van der Waals surface area (Å²) in [5, 5.41) is 0. The summed E-state index contributed by atoms with van der Waals surface area (Å²) in [7, 11) is -3.61. The summed E-state index contributed by atoms with van der Waals surface area (Å²) in [6.07, 6.45) is 0.768. The largest absolute Gasteiger partial charge is 0.454 e. The van der Waals surface area contributed by atoms with Crippen molar-refractivity contribution in [3.63, 3.8) is 0 Å². The summed E-state index contributed by atoms with van der Waals surface area (Å²) < 4.78 is 46.9. The fourth-order valence-electron chi connectivity index (χ4n) is 3.51. The normalized spacial score (nSPS) is 20.1. The first kappa shape index (κ1) is 16.0. The number of ether oxygens (including phenoxy) is 2. The lowest BCUT2D eigenvalue weighted by Gasteiger charge is -2.17. The molecule has 1 saturated heterocycles. The number of hydrogen-bond donors (Lipinski definition) is 0. The highest BCUT2D eigenvalue weighted by molar-refractivity contribution is 7.89. The summed E-state index contributed by atoms with van der Waals surface area (Å²) in [6.45, 7) is 1.15. The molecule has 134 valence electrons. The van der Waals surface area contributed by atoms with E-state index in [1.165, 1.54) is 4.31 Å². The molecular weight excluding hydrogens is 374 g/mol. The van der Waals surface area contributed by atoms with Gasteiger partial charge >= 0.3 is 0 Å². The number of sulfonamides is 1. The molecule has 0 bridgehead atoms. The minimum atomic E-state index is -3.61. The minimum absolute atomic E-state index is 0.132. The SMILES string of the molecule is O=S(=O)(c1cccc2nsnc12)N1CC[C@@H](c2ccc3c(c2)OCO3)C1. The van der Waals surface area contributed by atoms with Crippen molar-refractivity contribution in [2.75, 3.05) is 19.9 Å². The Kier molecular flexibility index (Phi) is 3.63. The molecule has 9 heteroatoms. The van der Waals surface area contributed by atoms with Crippen LogP contribution in [0.15, 0.2) is 41.3 Å². The fourth-order valence-corrected chi connectivity index (χ4v) is 5.77. The van der Waals surface area contributed by atoms with Gasteiger partial charge in [0.15, 0.2) is 11.5 Å². The second-order valence-electron chi connectivity index (χ2n) is 6.35. The summed E-state index contributed by atoms with van der Waals surface area (Å²) in [4.78, 5) is 0.232. The van der Waals surface area contributed by atoms with Crippen LogP contribution in [0.25, 0.3) is 11.0 Å². The van der Waals surface area contributed by atoms with E-state index in [0.29, 0.717) is 24.1 Å². The van der Waals surface area contributed by atoms with Crippen LogP contribution in [-0.2, 0) is 10.0 Å². The molecule has 7 nitrogen and oxygen atoms in total. The van der Waals surface area contributed by atoms with Crippen LogP contribution in [0.1, 0.15) is 17.9 Å². The van der Waals surface area contributed by atoms with Crippen molar-refractivity contribution < 1.29 is 17.9 Å². The van der Waals surface area contributed by atoms with Gasteiger partial charge < -0.3 is 9.47 Å². The van der Waals surface area contributed by atoms with Crippen molar-refractivity contribution in [1.29, 1.82) is 0 Å². The average Bonchev–Trinajstić information content (AvgIpc) is 3.39. The van der Waals surface area contributed by atoms with Crippen molar-refractivity contribution in [3.05, 3.63) is 42.0 Å². The molecule has 0 aliphatic carbocycles. The maximum atomic E-state index is 13.1. The zero-order chi connectivity index (χ0) is 17.7. The van der Waals surface area contributed by atoms with E-state index in [4.69, 9.17) is 9.47 Å². The van der Waals surface area contributed by atoms with Gasteiger partial charge in [0.25, 0.3) is 0 Å². The number of fused-ring (bicyclic) bond motifs is 2. The average molecular weight is 389 g/mol. The predicted octanol–water partition coefficient (Wildman–Crippen LogP) is 2.60. The number of nitrogens with zero attached hydrogens (tertiary/aromatic N) is 3. The fraction of sp³-hybridized carbons (Fsp3) is 0.294. The van der Waals surface area contributed by atoms with E-state index in [9.17, 15) is 8.42 Å². The number of benzene rings is 2. The quantitative estimate of drug-likeness (QED) is 0.685. The maximum Gasteiger partial charge on any atom is 0.245 e. The van der Waals surface area contributed by atoms with Gasteiger partial charge in [-0.15, -0.1) is 0 Å². The molecular formula is C17H15N3O4S2. The molecule has 0 unspecified atom stereocenters. The van der Waals surface area contributed by atoms with Crippen LogP contribution >= 0.6 is 11.7 Å². The maximum absolute atomic E-state index is 13.1. The van der Waals surface area contributed by atoms with Gasteiger partial charge in [-0.1, -0.05) is 12.1 Å². The molecule has 1 aromatic heterocycles. The Morgan fingerprint density at radius 2 is 2.00 bits per heavy atom. The Morgan fingerprint density at radius 3 is 2.92 bits per heavy atom. The second kappa shape index (κ2) is 5.90. The topological polar surface area (TPSA) is 81.6 Å². The van der Waals surface area contributed by atoms with Crippen LogP contribution in [0.4, 0.5) is 0 Å². The minimum Gasteiger partial charge on any atom is -0.454 e. The molecule has 5 rings (SSSR count). The third-order valence-electron chi connectivity index (χ3n) is 4.89. The van der Waals surface area contributed by atoms with Crippen LogP contribution < -0.4 is 9.47 Å². The first-order chi connectivity index (χ1) is 12.6. The van der Waals surface area contributed by atoms with E-state index < -0.39 is 10.0 Å². The smallest absolute Gasteiger partial charge is 0.245 e. The van der Waals surface area contributed by atoms with Gasteiger partial charge in [0, 0.05) is 13.1 Å². The Morgan fingerprint density at radius 1 is 1.12 bits per heavy atom. The standard InChI is InChI=1S/C17H15N3O4S2/c21-26(22,16-3-1-2-13-17(16)19-25-18-13)20-7-6-12(9-20)11-4-5-14-15(8-11)24-10-23-14/h1-5,8,12H,6-7,9-10H2/t12-/m1/s1. The van der Waals surface area contributed by atoms with E-state index in [0.717, 1.165) is 35.2 Å². The second-order valence-corrected chi connectivity index (χ2v) is 8.78. The molecule has 2 aromatic carbocycles.